The fraction of sp³-hybridized carbons (Fsp3) is 0.400. The summed E-state index contributed by atoms with van der Waals surface area (Å²) >= 11 is 0. The summed E-state index contributed by atoms with van der Waals surface area (Å²) in [6, 6.07) is 16.7. The van der Waals surface area contributed by atoms with E-state index in [-0.39, 0.29) is 36.1 Å². The number of ether oxygens (including phenoxy) is 1. The number of fused-ring (bicyclic) bond motifs is 2. The molecule has 5 heteroatoms. The molecular weight excluding hydrogens is 378 g/mol. The highest BCUT2D eigenvalue weighted by molar-refractivity contribution is 6.01. The van der Waals surface area contributed by atoms with Crippen molar-refractivity contribution in [1.29, 1.82) is 0 Å². The lowest BCUT2D eigenvalue weighted by Gasteiger charge is -2.28. The predicted octanol–water partition coefficient (Wildman–Crippen LogP) is 4.28. The number of carbonyl (C=O) groups is 3. The van der Waals surface area contributed by atoms with Gasteiger partial charge in [-0.2, -0.15) is 0 Å². The van der Waals surface area contributed by atoms with Gasteiger partial charge in [0, 0.05) is 17.2 Å². The smallest absolute Gasteiger partial charge is 0.310 e. The summed E-state index contributed by atoms with van der Waals surface area (Å²) in [5.41, 5.74) is 2.40. The highest BCUT2D eigenvalue weighted by atomic mass is 16.5. The van der Waals surface area contributed by atoms with Crippen LogP contribution in [0.25, 0.3) is 0 Å². The number of anilines is 1. The zero-order valence-corrected chi connectivity index (χ0v) is 17.2. The Bertz CT molecular complexity index is 939. The largest absolute Gasteiger partial charge is 0.455 e. The first-order valence-corrected chi connectivity index (χ1v) is 10.7. The van der Waals surface area contributed by atoms with E-state index in [9.17, 15) is 14.4 Å². The van der Waals surface area contributed by atoms with Gasteiger partial charge in [-0.05, 0) is 49.1 Å². The molecule has 1 amide bonds. The Balaban J connectivity index is 1.40. The molecule has 0 radical (unpaired) electrons. The van der Waals surface area contributed by atoms with Crippen LogP contribution in [0, 0.1) is 23.7 Å². The fourth-order valence-corrected chi connectivity index (χ4v) is 5.17. The summed E-state index contributed by atoms with van der Waals surface area (Å²) in [7, 11) is 0. The maximum Gasteiger partial charge on any atom is 0.310 e. The molecule has 0 heterocycles. The fourth-order valence-electron chi connectivity index (χ4n) is 5.17. The number of ketones is 1. The molecule has 0 saturated heterocycles. The number of rotatable bonds is 7. The van der Waals surface area contributed by atoms with Gasteiger partial charge in [0.15, 0.2) is 12.4 Å². The van der Waals surface area contributed by atoms with E-state index in [4.69, 9.17) is 4.74 Å². The molecule has 5 nitrogen and oxygen atoms in total. The maximum absolute atomic E-state index is 13.1. The number of benzene rings is 2. The second-order valence-corrected chi connectivity index (χ2v) is 8.28. The topological polar surface area (TPSA) is 72.5 Å². The minimum atomic E-state index is -0.452. The van der Waals surface area contributed by atoms with Crippen molar-refractivity contribution in [2.24, 2.45) is 23.7 Å². The van der Waals surface area contributed by atoms with Gasteiger partial charge in [-0.1, -0.05) is 55.5 Å². The van der Waals surface area contributed by atoms with Crippen molar-refractivity contribution in [3.63, 3.8) is 0 Å². The number of nitrogens with one attached hydrogen (secondary N) is 1. The molecule has 2 aliphatic rings. The lowest BCUT2D eigenvalue weighted by Crippen LogP contribution is -2.37. The van der Waals surface area contributed by atoms with Gasteiger partial charge >= 0.3 is 5.97 Å². The van der Waals surface area contributed by atoms with E-state index in [1.54, 1.807) is 12.1 Å². The lowest BCUT2D eigenvalue weighted by atomic mass is 9.75. The normalized spacial score (nSPS) is 24.4. The van der Waals surface area contributed by atoms with Crippen LogP contribution in [0.1, 0.15) is 42.1 Å². The SMILES string of the molecule is CCc1ccccc1NC(=O)COC(=O)[C@H]1[C@@H]2CC[C@@H](C2)[C@@H]1C(=O)c1ccccc1. The van der Waals surface area contributed by atoms with Crippen LogP contribution in [0.2, 0.25) is 0 Å². The average Bonchev–Trinajstić information content (AvgIpc) is 3.40. The van der Waals surface area contributed by atoms with E-state index >= 15 is 0 Å². The molecule has 2 saturated carbocycles. The Morgan fingerprint density at radius 1 is 0.933 bits per heavy atom. The summed E-state index contributed by atoms with van der Waals surface area (Å²) in [6.07, 6.45) is 3.61. The van der Waals surface area contributed by atoms with Gasteiger partial charge in [0.1, 0.15) is 0 Å². The molecular formula is C25H27NO4. The molecule has 2 aromatic carbocycles. The van der Waals surface area contributed by atoms with Crippen LogP contribution >= 0.6 is 0 Å². The minimum Gasteiger partial charge on any atom is -0.455 e. The van der Waals surface area contributed by atoms with Crippen LogP contribution in [0.3, 0.4) is 0 Å². The highest BCUT2D eigenvalue weighted by Crippen LogP contribution is 2.53. The molecule has 4 atom stereocenters. The number of aryl methyl sites for hydroxylation is 1. The van der Waals surface area contributed by atoms with Crippen LogP contribution in [-0.4, -0.2) is 24.3 Å². The standard InChI is InChI=1S/C25H27NO4/c1-2-16-8-6-7-11-20(16)26-21(27)15-30-25(29)23-19-13-12-18(14-19)22(23)24(28)17-9-4-3-5-10-17/h3-11,18-19,22-23H,2,12-15H2,1H3,(H,26,27)/t18-,19+,22-,23-/m0/s1. The second-order valence-electron chi connectivity index (χ2n) is 8.28. The zero-order chi connectivity index (χ0) is 21.1. The van der Waals surface area contributed by atoms with Crippen molar-refractivity contribution in [3.8, 4) is 0 Å². The first kappa shape index (κ1) is 20.3. The van der Waals surface area contributed by atoms with E-state index in [2.05, 4.69) is 5.32 Å². The summed E-state index contributed by atoms with van der Waals surface area (Å²) < 4.78 is 5.40. The number of esters is 1. The van der Waals surface area contributed by atoms with E-state index in [0.29, 0.717) is 5.56 Å². The molecule has 156 valence electrons. The van der Waals surface area contributed by atoms with Crippen molar-refractivity contribution in [2.75, 3.05) is 11.9 Å². The average molecular weight is 405 g/mol. The van der Waals surface area contributed by atoms with E-state index in [0.717, 1.165) is 36.9 Å². The van der Waals surface area contributed by atoms with Crippen LogP contribution in [-0.2, 0) is 20.7 Å². The molecule has 2 aromatic rings. The van der Waals surface area contributed by atoms with Crippen LogP contribution < -0.4 is 5.32 Å². The molecule has 1 N–H and O–H groups in total. The summed E-state index contributed by atoms with van der Waals surface area (Å²) in [6.45, 7) is 1.68. The van der Waals surface area contributed by atoms with Gasteiger partial charge in [0.05, 0.1) is 5.92 Å². The van der Waals surface area contributed by atoms with Gasteiger partial charge in [-0.3, -0.25) is 14.4 Å². The number of hydrogen-bond donors (Lipinski definition) is 1. The number of amides is 1. The van der Waals surface area contributed by atoms with E-state index < -0.39 is 11.9 Å². The van der Waals surface area contributed by atoms with Crippen molar-refractivity contribution in [2.45, 2.75) is 32.6 Å². The molecule has 0 unspecified atom stereocenters. The van der Waals surface area contributed by atoms with Gasteiger partial charge < -0.3 is 10.1 Å². The number of Topliss-reactive ketones (excluding diaryl/α,β-unsaturated/α-hetero) is 1. The molecule has 30 heavy (non-hydrogen) atoms. The Morgan fingerprint density at radius 3 is 2.33 bits per heavy atom. The van der Waals surface area contributed by atoms with E-state index in [1.807, 2.05) is 49.4 Å². The van der Waals surface area contributed by atoms with Crippen molar-refractivity contribution in [1.82, 2.24) is 0 Å². The Labute approximate surface area is 176 Å². The van der Waals surface area contributed by atoms with Gasteiger partial charge in [-0.25, -0.2) is 0 Å². The first-order valence-electron chi connectivity index (χ1n) is 10.7. The van der Waals surface area contributed by atoms with Gasteiger partial charge in [-0.15, -0.1) is 0 Å². The highest BCUT2D eigenvalue weighted by Gasteiger charge is 2.54. The maximum atomic E-state index is 13.1. The first-order chi connectivity index (χ1) is 14.6. The number of para-hydroxylation sites is 1. The summed E-state index contributed by atoms with van der Waals surface area (Å²) in [5.74, 6) is -1.16. The van der Waals surface area contributed by atoms with Crippen LogP contribution in [0.15, 0.2) is 54.6 Å². The number of carbonyl (C=O) groups excluding carboxylic acids is 3. The number of hydrogen-bond acceptors (Lipinski definition) is 4. The monoisotopic (exact) mass is 405 g/mol. The van der Waals surface area contributed by atoms with Crippen LogP contribution in [0.4, 0.5) is 5.69 Å². The van der Waals surface area contributed by atoms with Crippen LogP contribution in [0.5, 0.6) is 0 Å². The van der Waals surface area contributed by atoms with Crippen molar-refractivity contribution < 1.29 is 19.1 Å². The Kier molecular flexibility index (Phi) is 5.98. The third kappa shape index (κ3) is 4.02. The quantitative estimate of drug-likeness (QED) is 0.551. The summed E-state index contributed by atoms with van der Waals surface area (Å²) in [5, 5.41) is 2.82. The molecule has 2 bridgehead atoms. The third-order valence-corrected chi connectivity index (χ3v) is 6.57. The minimum absolute atomic E-state index is 0.0195. The van der Waals surface area contributed by atoms with Gasteiger partial charge in [0.2, 0.25) is 0 Å². The third-order valence-electron chi connectivity index (χ3n) is 6.57. The Morgan fingerprint density at radius 2 is 1.60 bits per heavy atom. The second kappa shape index (κ2) is 8.82. The summed E-state index contributed by atoms with van der Waals surface area (Å²) in [4.78, 5) is 38.4. The Hall–Kier alpha value is -2.95. The lowest BCUT2D eigenvalue weighted by molar-refractivity contribution is -0.154. The molecule has 0 aromatic heterocycles. The predicted molar refractivity (Wildman–Crippen MR) is 114 cm³/mol. The van der Waals surface area contributed by atoms with E-state index in [1.165, 1.54) is 0 Å². The van der Waals surface area contributed by atoms with Gasteiger partial charge in [0.25, 0.3) is 5.91 Å². The van der Waals surface area contributed by atoms with Crippen molar-refractivity contribution >= 4 is 23.3 Å². The molecule has 2 fully saturated rings. The molecule has 0 spiro atoms. The van der Waals surface area contributed by atoms with Crippen molar-refractivity contribution in [3.05, 3.63) is 65.7 Å². The molecule has 0 aliphatic heterocycles. The molecule has 2 aliphatic carbocycles. The molecule has 4 rings (SSSR count). The zero-order valence-electron chi connectivity index (χ0n) is 17.2.